The van der Waals surface area contributed by atoms with E-state index < -0.39 is 5.60 Å². The molecule has 0 atom stereocenters. The number of piperidine rings is 1. The Morgan fingerprint density at radius 1 is 1.07 bits per heavy atom. The van der Waals surface area contributed by atoms with Crippen LogP contribution >= 0.6 is 0 Å². The Labute approximate surface area is 163 Å². The normalized spacial score (nSPS) is 16.4. The maximum atomic E-state index is 13.2. The molecule has 4 rings (SSSR count). The van der Waals surface area contributed by atoms with Crippen LogP contribution in [0.15, 0.2) is 36.5 Å². The number of anilines is 1. The van der Waals surface area contributed by atoms with Gasteiger partial charge in [-0.15, -0.1) is 0 Å². The van der Waals surface area contributed by atoms with Crippen molar-refractivity contribution < 1.29 is 9.50 Å². The molecule has 0 unspecified atom stereocenters. The smallest absolute Gasteiger partial charge is 0.225 e. The lowest BCUT2D eigenvalue weighted by molar-refractivity contribution is 0.0115. The van der Waals surface area contributed by atoms with Crippen molar-refractivity contribution >= 4 is 5.95 Å². The lowest BCUT2D eigenvalue weighted by Crippen LogP contribution is -2.43. The SMILES string of the molecule is Cc1nn(C)c(C)c1-c1ccnc(N2CCC(O)(c3ccc(F)cc3)CC2)n1. The van der Waals surface area contributed by atoms with E-state index in [0.29, 0.717) is 31.9 Å². The van der Waals surface area contributed by atoms with E-state index in [-0.39, 0.29) is 5.82 Å². The maximum Gasteiger partial charge on any atom is 0.225 e. The minimum absolute atomic E-state index is 0.295. The molecule has 7 heteroatoms. The van der Waals surface area contributed by atoms with Gasteiger partial charge >= 0.3 is 0 Å². The van der Waals surface area contributed by atoms with Crippen molar-refractivity contribution in [3.63, 3.8) is 0 Å². The number of nitrogens with zero attached hydrogens (tertiary/aromatic N) is 5. The molecule has 1 aliphatic heterocycles. The minimum atomic E-state index is -0.946. The van der Waals surface area contributed by atoms with Gasteiger partial charge in [-0.05, 0) is 50.5 Å². The molecule has 1 fully saturated rings. The third kappa shape index (κ3) is 3.26. The van der Waals surface area contributed by atoms with Gasteiger partial charge in [-0.1, -0.05) is 12.1 Å². The van der Waals surface area contributed by atoms with Crippen molar-refractivity contribution in [3.05, 3.63) is 59.3 Å². The first-order valence-corrected chi connectivity index (χ1v) is 9.44. The van der Waals surface area contributed by atoms with Crippen LogP contribution in [0.4, 0.5) is 10.3 Å². The molecule has 0 amide bonds. The lowest BCUT2D eigenvalue weighted by Gasteiger charge is -2.38. The van der Waals surface area contributed by atoms with Crippen LogP contribution in [0, 0.1) is 19.7 Å². The quantitative estimate of drug-likeness (QED) is 0.755. The van der Waals surface area contributed by atoms with Crippen LogP contribution in [0.1, 0.15) is 29.8 Å². The first kappa shape index (κ1) is 18.6. The molecule has 28 heavy (non-hydrogen) atoms. The zero-order valence-electron chi connectivity index (χ0n) is 16.4. The molecule has 0 bridgehead atoms. The molecule has 146 valence electrons. The molecule has 0 saturated carbocycles. The summed E-state index contributed by atoms with van der Waals surface area (Å²) in [4.78, 5) is 11.3. The standard InChI is InChI=1S/C21H24FN5O/c1-14-19(15(2)26(3)25-14)18-8-11-23-20(24-18)27-12-9-21(28,10-13-27)16-4-6-17(22)7-5-16/h4-8,11,28H,9-10,12-13H2,1-3H3. The summed E-state index contributed by atoms with van der Waals surface area (Å²) in [5, 5.41) is 15.5. The van der Waals surface area contributed by atoms with Crippen molar-refractivity contribution in [2.24, 2.45) is 7.05 Å². The lowest BCUT2D eigenvalue weighted by atomic mass is 9.84. The largest absolute Gasteiger partial charge is 0.385 e. The number of aromatic nitrogens is 4. The van der Waals surface area contributed by atoms with Crippen LogP contribution in [0.5, 0.6) is 0 Å². The number of aryl methyl sites for hydroxylation is 2. The zero-order chi connectivity index (χ0) is 19.9. The molecule has 1 N–H and O–H groups in total. The molecule has 1 aliphatic rings. The van der Waals surface area contributed by atoms with Crippen molar-refractivity contribution in [1.82, 2.24) is 19.7 Å². The molecule has 0 aliphatic carbocycles. The third-order valence-electron chi connectivity index (χ3n) is 5.66. The minimum Gasteiger partial charge on any atom is -0.385 e. The van der Waals surface area contributed by atoms with Gasteiger partial charge in [-0.3, -0.25) is 4.68 Å². The zero-order valence-corrected chi connectivity index (χ0v) is 16.4. The molecular weight excluding hydrogens is 357 g/mol. The second kappa shape index (κ2) is 6.98. The van der Waals surface area contributed by atoms with E-state index >= 15 is 0 Å². The monoisotopic (exact) mass is 381 g/mol. The van der Waals surface area contributed by atoms with Gasteiger partial charge in [0.25, 0.3) is 0 Å². The van der Waals surface area contributed by atoms with Crippen molar-refractivity contribution in [3.8, 4) is 11.3 Å². The van der Waals surface area contributed by atoms with E-state index in [9.17, 15) is 9.50 Å². The average Bonchev–Trinajstić information content (AvgIpc) is 2.94. The molecule has 2 aromatic heterocycles. The molecule has 6 nitrogen and oxygen atoms in total. The van der Waals surface area contributed by atoms with Gasteiger partial charge in [-0.25, -0.2) is 14.4 Å². The number of benzene rings is 1. The van der Waals surface area contributed by atoms with Gasteiger partial charge < -0.3 is 10.0 Å². The van der Waals surface area contributed by atoms with Crippen LogP contribution in [0.25, 0.3) is 11.3 Å². The summed E-state index contributed by atoms with van der Waals surface area (Å²) in [6.07, 6.45) is 2.85. The molecule has 3 aromatic rings. The number of hydrogen-bond donors (Lipinski definition) is 1. The van der Waals surface area contributed by atoms with E-state index in [0.717, 1.165) is 28.2 Å². The van der Waals surface area contributed by atoms with Gasteiger partial charge in [-0.2, -0.15) is 5.10 Å². The molecule has 0 spiro atoms. The predicted octanol–water partition coefficient (Wildman–Crippen LogP) is 3.12. The van der Waals surface area contributed by atoms with E-state index in [1.165, 1.54) is 12.1 Å². The number of aliphatic hydroxyl groups is 1. The molecular formula is C21H24FN5O. The second-order valence-electron chi connectivity index (χ2n) is 7.44. The van der Waals surface area contributed by atoms with Crippen molar-refractivity contribution in [2.75, 3.05) is 18.0 Å². The Morgan fingerprint density at radius 3 is 2.36 bits per heavy atom. The number of hydrogen-bond acceptors (Lipinski definition) is 5. The summed E-state index contributed by atoms with van der Waals surface area (Å²) in [7, 11) is 1.93. The van der Waals surface area contributed by atoms with Crippen LogP contribution < -0.4 is 4.90 Å². The fourth-order valence-corrected chi connectivity index (χ4v) is 3.91. The van der Waals surface area contributed by atoms with Crippen LogP contribution in [-0.2, 0) is 12.6 Å². The Kier molecular flexibility index (Phi) is 4.63. The van der Waals surface area contributed by atoms with Gasteiger partial charge in [0.1, 0.15) is 5.82 Å². The summed E-state index contributed by atoms with van der Waals surface area (Å²) < 4.78 is 15.0. The predicted molar refractivity (Wildman–Crippen MR) is 105 cm³/mol. The van der Waals surface area contributed by atoms with Gasteiger partial charge in [0, 0.05) is 37.6 Å². The molecule has 0 radical (unpaired) electrons. The Hall–Kier alpha value is -2.80. The maximum absolute atomic E-state index is 13.2. The van der Waals surface area contributed by atoms with Gasteiger partial charge in [0.05, 0.1) is 17.0 Å². The second-order valence-corrected chi connectivity index (χ2v) is 7.44. The van der Waals surface area contributed by atoms with Crippen molar-refractivity contribution in [2.45, 2.75) is 32.3 Å². The first-order chi connectivity index (χ1) is 13.4. The van der Waals surface area contributed by atoms with Gasteiger partial charge in [0.15, 0.2) is 0 Å². The summed E-state index contributed by atoms with van der Waals surface area (Å²) >= 11 is 0. The van der Waals surface area contributed by atoms with E-state index in [2.05, 4.69) is 15.0 Å². The fraction of sp³-hybridized carbons (Fsp3) is 0.381. The van der Waals surface area contributed by atoms with Crippen LogP contribution in [-0.4, -0.2) is 37.9 Å². The summed E-state index contributed by atoms with van der Waals surface area (Å²) in [5.41, 5.74) is 3.70. The van der Waals surface area contributed by atoms with Crippen molar-refractivity contribution in [1.29, 1.82) is 0 Å². The highest BCUT2D eigenvalue weighted by molar-refractivity contribution is 5.65. The Bertz CT molecular complexity index is 991. The fourth-order valence-electron chi connectivity index (χ4n) is 3.91. The van der Waals surface area contributed by atoms with E-state index in [1.54, 1.807) is 18.3 Å². The highest BCUT2D eigenvalue weighted by atomic mass is 19.1. The summed E-state index contributed by atoms with van der Waals surface area (Å²) in [5.74, 6) is 0.359. The number of halogens is 1. The Balaban J connectivity index is 1.55. The highest BCUT2D eigenvalue weighted by Crippen LogP contribution is 2.34. The molecule has 1 aromatic carbocycles. The molecule has 3 heterocycles. The average molecular weight is 381 g/mol. The topological polar surface area (TPSA) is 67.1 Å². The van der Waals surface area contributed by atoms with Gasteiger partial charge in [0.2, 0.25) is 5.95 Å². The summed E-state index contributed by atoms with van der Waals surface area (Å²) in [6, 6.07) is 8.01. The summed E-state index contributed by atoms with van der Waals surface area (Å²) in [6.45, 7) is 5.26. The Morgan fingerprint density at radius 2 is 1.75 bits per heavy atom. The third-order valence-corrected chi connectivity index (χ3v) is 5.66. The molecule has 1 saturated heterocycles. The van der Waals surface area contributed by atoms with E-state index in [1.807, 2.05) is 31.6 Å². The first-order valence-electron chi connectivity index (χ1n) is 9.44. The van der Waals surface area contributed by atoms with Crippen LogP contribution in [0.3, 0.4) is 0 Å². The van der Waals surface area contributed by atoms with E-state index in [4.69, 9.17) is 4.98 Å². The highest BCUT2D eigenvalue weighted by Gasteiger charge is 2.34. The number of rotatable bonds is 3. The van der Waals surface area contributed by atoms with Crippen LogP contribution in [0.2, 0.25) is 0 Å².